The summed E-state index contributed by atoms with van der Waals surface area (Å²) in [6, 6.07) is 30.3. The maximum atomic E-state index is 13.1. The molecular weight excluding hydrogens is 516 g/mol. The first-order valence-electron chi connectivity index (χ1n) is 13.8. The van der Waals surface area contributed by atoms with Crippen molar-refractivity contribution < 1.29 is 9.53 Å². The molecule has 0 radical (unpaired) electrons. The van der Waals surface area contributed by atoms with Crippen LogP contribution in [-0.2, 0) is 24.3 Å². The lowest BCUT2D eigenvalue weighted by molar-refractivity contribution is -0.134. The van der Waals surface area contributed by atoms with Gasteiger partial charge in [0.05, 0.1) is 5.52 Å². The first kappa shape index (κ1) is 26.4. The molecule has 2 aromatic heterocycles. The molecule has 8 nitrogen and oxygen atoms in total. The number of carbonyl (C=O) groups is 1. The Morgan fingerprint density at radius 1 is 0.829 bits per heavy atom. The summed E-state index contributed by atoms with van der Waals surface area (Å²) >= 11 is 0. The average Bonchev–Trinajstić information content (AvgIpc) is 3.49. The maximum Gasteiger partial charge on any atom is 0.331 e. The minimum atomic E-state index is -0.374. The maximum absolute atomic E-state index is 13.1. The first-order valence-corrected chi connectivity index (χ1v) is 13.8. The van der Waals surface area contributed by atoms with Crippen LogP contribution in [0.2, 0.25) is 0 Å². The zero-order chi connectivity index (χ0) is 28.6. The number of carbonyl (C=O) groups excluding carboxylic acids is 1. The number of aromatic amines is 1. The van der Waals surface area contributed by atoms with Gasteiger partial charge in [0.1, 0.15) is 11.3 Å². The Kier molecular flexibility index (Phi) is 6.83. The zero-order valence-corrected chi connectivity index (χ0v) is 23.2. The fourth-order valence-electron chi connectivity index (χ4n) is 5.97. The van der Waals surface area contributed by atoms with Crippen molar-refractivity contribution in [2.45, 2.75) is 18.3 Å². The second-order valence-corrected chi connectivity index (χ2v) is 10.7. The highest BCUT2D eigenvalue weighted by atomic mass is 16.5. The van der Waals surface area contributed by atoms with E-state index in [1.165, 1.54) is 22.7 Å². The molecule has 0 bridgehead atoms. The van der Waals surface area contributed by atoms with Crippen LogP contribution in [0.3, 0.4) is 0 Å². The van der Waals surface area contributed by atoms with Crippen LogP contribution in [-0.4, -0.2) is 44.6 Å². The number of rotatable bonds is 6. The van der Waals surface area contributed by atoms with Gasteiger partial charge in [-0.2, -0.15) is 0 Å². The van der Waals surface area contributed by atoms with Gasteiger partial charge in [-0.05, 0) is 59.9 Å². The molecule has 5 aromatic rings. The summed E-state index contributed by atoms with van der Waals surface area (Å²) < 4.78 is 8.40. The molecule has 1 amide bonds. The summed E-state index contributed by atoms with van der Waals surface area (Å²) in [4.78, 5) is 42.9. The largest absolute Gasteiger partial charge is 0.484 e. The Morgan fingerprint density at radius 2 is 1.41 bits per heavy atom. The van der Waals surface area contributed by atoms with E-state index >= 15 is 0 Å². The van der Waals surface area contributed by atoms with Gasteiger partial charge in [0.25, 0.3) is 11.5 Å². The topological polar surface area (TPSA) is 89.3 Å². The molecule has 208 valence electrons. The normalized spacial score (nSPS) is 14.7. The van der Waals surface area contributed by atoms with Crippen molar-refractivity contribution in [3.8, 4) is 17.0 Å². The molecule has 1 fully saturated rings. The van der Waals surface area contributed by atoms with Gasteiger partial charge in [-0.1, -0.05) is 60.7 Å². The van der Waals surface area contributed by atoms with Crippen LogP contribution in [0, 0.1) is 0 Å². The van der Waals surface area contributed by atoms with Gasteiger partial charge in [0.2, 0.25) is 0 Å². The number of H-pyrrole nitrogens is 1. The standard InChI is InChI=1S/C33H32N4O4/c1-35-28-21-27(34-30(28)31(39)36(2)32(35)40)23-13-15-26(16-14-23)41-22-29(38)37-19-17-33(18-20-37,24-9-5-3-6-10-24)25-11-7-4-8-12-25/h3-16,21,34H,17-20,22H2,1-2H3. The van der Waals surface area contributed by atoms with E-state index in [1.807, 2.05) is 29.2 Å². The molecule has 8 heteroatoms. The Hall–Kier alpha value is -4.85. The zero-order valence-electron chi connectivity index (χ0n) is 23.2. The van der Waals surface area contributed by atoms with Crippen molar-refractivity contribution in [1.82, 2.24) is 19.0 Å². The van der Waals surface area contributed by atoms with E-state index in [1.54, 1.807) is 25.2 Å². The van der Waals surface area contributed by atoms with Gasteiger partial charge in [0.15, 0.2) is 6.61 Å². The monoisotopic (exact) mass is 548 g/mol. The van der Waals surface area contributed by atoms with Crippen molar-refractivity contribution in [3.05, 3.63) is 123 Å². The van der Waals surface area contributed by atoms with E-state index in [2.05, 4.69) is 53.5 Å². The Morgan fingerprint density at radius 3 is 2.00 bits per heavy atom. The fourth-order valence-corrected chi connectivity index (χ4v) is 5.97. The molecule has 3 heterocycles. The van der Waals surface area contributed by atoms with E-state index in [-0.39, 0.29) is 29.2 Å². The number of fused-ring (bicyclic) bond motifs is 1. The van der Waals surface area contributed by atoms with E-state index in [0.29, 0.717) is 29.9 Å². The number of aromatic nitrogens is 3. The fraction of sp³-hybridized carbons (Fsp3) is 0.242. The Bertz CT molecular complexity index is 1770. The molecule has 0 unspecified atom stereocenters. The Balaban J connectivity index is 1.12. The number of piperidine rings is 1. The van der Waals surface area contributed by atoms with Crippen LogP contribution < -0.4 is 16.0 Å². The minimum Gasteiger partial charge on any atom is -0.484 e. The molecule has 0 saturated carbocycles. The lowest BCUT2D eigenvalue weighted by Crippen LogP contribution is -2.47. The van der Waals surface area contributed by atoms with Gasteiger partial charge in [-0.25, -0.2) is 4.79 Å². The predicted octanol–water partition coefficient (Wildman–Crippen LogP) is 4.22. The van der Waals surface area contributed by atoms with Gasteiger partial charge in [-0.3, -0.25) is 18.7 Å². The third-order valence-corrected chi connectivity index (χ3v) is 8.40. The van der Waals surface area contributed by atoms with Crippen molar-refractivity contribution in [2.24, 2.45) is 14.1 Å². The van der Waals surface area contributed by atoms with Gasteiger partial charge >= 0.3 is 5.69 Å². The molecule has 6 rings (SSSR count). The number of aryl methyl sites for hydroxylation is 1. The molecule has 41 heavy (non-hydrogen) atoms. The highest BCUT2D eigenvalue weighted by Gasteiger charge is 2.38. The molecular formula is C33H32N4O4. The van der Waals surface area contributed by atoms with Crippen LogP contribution in [0.25, 0.3) is 22.3 Å². The van der Waals surface area contributed by atoms with Crippen molar-refractivity contribution in [2.75, 3.05) is 19.7 Å². The predicted molar refractivity (Wildman–Crippen MR) is 159 cm³/mol. The van der Waals surface area contributed by atoms with E-state index in [9.17, 15) is 14.4 Å². The minimum absolute atomic E-state index is 0.0313. The molecule has 1 aliphatic heterocycles. The van der Waals surface area contributed by atoms with Crippen LogP contribution in [0.1, 0.15) is 24.0 Å². The highest BCUT2D eigenvalue weighted by Crippen LogP contribution is 2.41. The number of hydrogen-bond acceptors (Lipinski definition) is 4. The molecule has 0 atom stereocenters. The molecule has 3 aromatic carbocycles. The number of amides is 1. The van der Waals surface area contributed by atoms with E-state index in [0.717, 1.165) is 28.7 Å². The van der Waals surface area contributed by atoms with Crippen LogP contribution in [0.5, 0.6) is 5.75 Å². The molecule has 1 saturated heterocycles. The number of benzene rings is 3. The average molecular weight is 549 g/mol. The third-order valence-electron chi connectivity index (χ3n) is 8.40. The molecule has 1 N–H and O–H groups in total. The van der Waals surface area contributed by atoms with Crippen molar-refractivity contribution in [1.29, 1.82) is 0 Å². The van der Waals surface area contributed by atoms with Crippen LogP contribution >= 0.6 is 0 Å². The number of ether oxygens (including phenoxy) is 1. The molecule has 0 spiro atoms. The van der Waals surface area contributed by atoms with Crippen LogP contribution in [0.4, 0.5) is 0 Å². The SMILES string of the molecule is Cn1c(=O)c2[nH]c(-c3ccc(OCC(=O)N4CCC(c5ccccc5)(c5ccccc5)CC4)cc3)cc2n(C)c1=O. The Labute approximate surface area is 237 Å². The highest BCUT2D eigenvalue weighted by molar-refractivity contribution is 5.82. The number of hydrogen-bond donors (Lipinski definition) is 1. The summed E-state index contributed by atoms with van der Waals surface area (Å²) in [6.45, 7) is 1.29. The summed E-state index contributed by atoms with van der Waals surface area (Å²) in [7, 11) is 3.10. The summed E-state index contributed by atoms with van der Waals surface area (Å²) in [5, 5.41) is 0. The number of likely N-dealkylation sites (tertiary alicyclic amines) is 1. The smallest absolute Gasteiger partial charge is 0.331 e. The lowest BCUT2D eigenvalue weighted by atomic mass is 9.68. The third kappa shape index (κ3) is 4.75. The summed E-state index contributed by atoms with van der Waals surface area (Å²) in [6.07, 6.45) is 1.70. The van der Waals surface area contributed by atoms with Gasteiger partial charge in [-0.15, -0.1) is 0 Å². The number of nitrogens with one attached hydrogen (secondary N) is 1. The van der Waals surface area contributed by atoms with Crippen molar-refractivity contribution >= 4 is 16.9 Å². The quantitative estimate of drug-likeness (QED) is 0.344. The number of nitrogens with zero attached hydrogens (tertiary/aromatic N) is 3. The first-order chi connectivity index (χ1) is 19.9. The second-order valence-electron chi connectivity index (χ2n) is 10.7. The van der Waals surface area contributed by atoms with E-state index < -0.39 is 0 Å². The van der Waals surface area contributed by atoms with Crippen LogP contribution in [0.15, 0.2) is 101 Å². The lowest BCUT2D eigenvalue weighted by Gasteiger charge is -2.43. The van der Waals surface area contributed by atoms with E-state index in [4.69, 9.17) is 4.74 Å². The molecule has 0 aliphatic carbocycles. The second kappa shape index (κ2) is 10.6. The summed E-state index contributed by atoms with van der Waals surface area (Å²) in [5.41, 5.74) is 4.19. The van der Waals surface area contributed by atoms with Gasteiger partial charge < -0.3 is 14.6 Å². The molecule has 1 aliphatic rings. The summed E-state index contributed by atoms with van der Waals surface area (Å²) in [5.74, 6) is 0.553. The van der Waals surface area contributed by atoms with Gasteiger partial charge in [0, 0.05) is 38.3 Å². The van der Waals surface area contributed by atoms with Crippen molar-refractivity contribution in [3.63, 3.8) is 0 Å².